The molecule has 1 aliphatic rings. The zero-order chi connectivity index (χ0) is 51.4. The second-order valence-electron chi connectivity index (χ2n) is 19.4. The lowest BCUT2D eigenvalue weighted by Crippen LogP contribution is -2.55. The van der Waals surface area contributed by atoms with Crippen molar-refractivity contribution in [3.8, 4) is 33.2 Å². The Morgan fingerprint density at radius 2 is 1.43 bits per heavy atom. The van der Waals surface area contributed by atoms with Gasteiger partial charge in [0.15, 0.2) is 11.6 Å². The summed E-state index contributed by atoms with van der Waals surface area (Å²) in [5, 5.41) is 37.9. The van der Waals surface area contributed by atoms with Gasteiger partial charge in [0.05, 0.1) is 34.8 Å². The average molecular weight is 1000 g/mol. The van der Waals surface area contributed by atoms with E-state index in [0.717, 1.165) is 90.6 Å². The summed E-state index contributed by atoms with van der Waals surface area (Å²) >= 11 is 1.59. The third-order valence-electron chi connectivity index (χ3n) is 13.3. The molecular weight excluding hydrogens is 929 g/mol. The Labute approximate surface area is 428 Å². The molecule has 1 saturated heterocycles. The minimum Gasteiger partial charge on any atom is -0.507 e. The molecular formula is C56H74N8O7S. The van der Waals surface area contributed by atoms with Gasteiger partial charge >= 0.3 is 0 Å². The smallest absolute Gasteiger partial charge is 0.246 e. The highest BCUT2D eigenvalue weighted by atomic mass is 32.1. The van der Waals surface area contributed by atoms with Crippen molar-refractivity contribution in [3.63, 3.8) is 0 Å². The van der Waals surface area contributed by atoms with Gasteiger partial charge in [-0.15, -0.1) is 21.5 Å². The lowest BCUT2D eigenvalue weighted by molar-refractivity contribution is -0.142. The molecule has 0 saturated carbocycles. The number of nitrogen functional groups attached to an aromatic ring is 1. The molecule has 0 radical (unpaired) electrons. The molecule has 0 unspecified atom stereocenters. The number of hydrogen-bond acceptors (Lipinski definition) is 12. The van der Waals surface area contributed by atoms with Gasteiger partial charge in [-0.2, -0.15) is 0 Å². The number of aliphatic hydroxyl groups excluding tert-OH is 1. The fourth-order valence-corrected chi connectivity index (χ4v) is 9.83. The van der Waals surface area contributed by atoms with Crippen molar-refractivity contribution in [2.75, 3.05) is 18.9 Å². The van der Waals surface area contributed by atoms with Crippen LogP contribution >= 0.6 is 11.3 Å². The van der Waals surface area contributed by atoms with Crippen molar-refractivity contribution < 1.29 is 34.1 Å². The van der Waals surface area contributed by atoms with E-state index in [9.17, 15) is 29.4 Å². The molecule has 4 amide bonds. The molecule has 3 heterocycles. The molecule has 1 aliphatic heterocycles. The quantitative estimate of drug-likeness (QED) is 0.0259. The third kappa shape index (κ3) is 16.6. The highest BCUT2D eigenvalue weighted by Gasteiger charge is 2.42. The number of benzene rings is 3. The number of β-amino-alcohol motifs (C(OH)–C–C–N with tert-alkyl or cyclic N) is 1. The van der Waals surface area contributed by atoms with Crippen molar-refractivity contribution >= 4 is 40.8 Å². The lowest BCUT2D eigenvalue weighted by atomic mass is 10.0. The molecule has 6 rings (SSSR count). The summed E-state index contributed by atoms with van der Waals surface area (Å²) in [6, 6.07) is 22.7. The number of phenolic OH excluding ortho intramolecular Hbond substituents is 1. The number of ether oxygens (including phenoxy) is 1. The van der Waals surface area contributed by atoms with Crippen LogP contribution in [0.25, 0.3) is 21.7 Å². The number of hydrogen-bond donors (Lipinski definition) is 6. The summed E-state index contributed by atoms with van der Waals surface area (Å²) in [5.74, 6) is -0.285. The topological polar surface area (TPSA) is 222 Å². The van der Waals surface area contributed by atoms with Gasteiger partial charge in [-0.1, -0.05) is 132 Å². The van der Waals surface area contributed by atoms with Gasteiger partial charge in [0.1, 0.15) is 23.5 Å². The number of unbranched alkanes of at least 4 members (excludes halogenated alkanes) is 10. The van der Waals surface area contributed by atoms with Gasteiger partial charge in [-0.3, -0.25) is 19.2 Å². The van der Waals surface area contributed by atoms with Gasteiger partial charge in [0, 0.05) is 50.4 Å². The number of carbonyl (C=O) groups is 4. The van der Waals surface area contributed by atoms with Crippen LogP contribution in [-0.2, 0) is 32.1 Å². The monoisotopic (exact) mass is 1000 g/mol. The minimum atomic E-state index is -0.831. The van der Waals surface area contributed by atoms with Crippen LogP contribution in [0, 0.1) is 12.8 Å². The lowest BCUT2D eigenvalue weighted by Gasteiger charge is -2.31. The second kappa shape index (κ2) is 28.0. The standard InChI is InChI=1S/C56H74N8O7S/c1-37(2)52(56(70)64-35-44(65)32-47(64)55(69)60-38(3)42-26-28-43(29-27-42)53-39(4)59-36-72-53)61-51(68)21-15-13-11-9-7-5-6-8-10-12-14-20-50(67)58-34-41-24-22-40(23-25-41)30-31-71-49-33-46(62-63-54(49)57)45-18-16-17-19-48(45)66/h16-19,22-29,33,36-38,44,47,52,65-66H,5-15,20-21,30-32,34-35H2,1-4H3,(H2,57,63)(H,58,67)(H,60,69)(H,61,68)/t38-,44+,47-,52-/m0/s1. The molecule has 3 aromatic carbocycles. The van der Waals surface area contributed by atoms with E-state index in [1.807, 2.05) is 87.8 Å². The number of thiazole rings is 1. The Morgan fingerprint density at radius 3 is 2.06 bits per heavy atom. The number of aromatic hydroxyl groups is 1. The maximum atomic E-state index is 13.9. The number of nitrogens with one attached hydrogen (secondary N) is 3. The van der Waals surface area contributed by atoms with Crippen LogP contribution in [0.1, 0.15) is 139 Å². The van der Waals surface area contributed by atoms with E-state index in [-0.39, 0.29) is 60.1 Å². The van der Waals surface area contributed by atoms with E-state index in [1.165, 1.54) is 17.7 Å². The SMILES string of the molecule is Cc1ncsc1-c1ccc([C@H](C)NC(=O)[C@@H]2C[C@@H](O)CN2C(=O)[C@@H](NC(=O)CCCCCCCCCCCCCC(=O)NCc2ccc(CCOc3cc(-c4ccccc4O)nnc3N)cc2)C(C)C)cc1. The summed E-state index contributed by atoms with van der Waals surface area (Å²) < 4.78 is 5.91. The summed E-state index contributed by atoms with van der Waals surface area (Å²) in [5.41, 5.74) is 13.9. The minimum absolute atomic E-state index is 0.0433. The number of rotatable bonds is 28. The molecule has 16 heteroatoms. The first-order valence-electron chi connectivity index (χ1n) is 25.7. The van der Waals surface area contributed by atoms with Gasteiger partial charge in [0.2, 0.25) is 23.6 Å². The zero-order valence-electron chi connectivity index (χ0n) is 42.4. The van der Waals surface area contributed by atoms with Crippen LogP contribution in [0.3, 0.4) is 0 Å². The first-order chi connectivity index (χ1) is 34.8. The number of aromatic nitrogens is 3. The number of para-hydroxylation sites is 1. The van der Waals surface area contributed by atoms with Crippen molar-refractivity contribution in [1.29, 1.82) is 0 Å². The van der Waals surface area contributed by atoms with Crippen molar-refractivity contribution in [3.05, 3.63) is 107 Å². The average Bonchev–Trinajstić information content (AvgIpc) is 3.99. The van der Waals surface area contributed by atoms with E-state index >= 15 is 0 Å². The molecule has 7 N–H and O–H groups in total. The maximum Gasteiger partial charge on any atom is 0.246 e. The summed E-state index contributed by atoms with van der Waals surface area (Å²) in [4.78, 5) is 59.9. The second-order valence-corrected chi connectivity index (χ2v) is 20.2. The van der Waals surface area contributed by atoms with E-state index in [1.54, 1.807) is 35.6 Å². The molecule has 1 fully saturated rings. The summed E-state index contributed by atoms with van der Waals surface area (Å²) in [6.07, 6.45) is 12.4. The maximum absolute atomic E-state index is 13.9. The summed E-state index contributed by atoms with van der Waals surface area (Å²) in [7, 11) is 0. The molecule has 15 nitrogen and oxygen atoms in total. The number of aliphatic hydroxyl groups is 1. The normalized spacial score (nSPS) is 15.3. The Hall–Kier alpha value is -6.39. The van der Waals surface area contributed by atoms with Gasteiger partial charge < -0.3 is 41.5 Å². The van der Waals surface area contributed by atoms with Crippen LogP contribution in [0.5, 0.6) is 11.5 Å². The number of nitrogens with two attached hydrogens (primary N) is 1. The first-order valence-corrected chi connectivity index (χ1v) is 26.6. The van der Waals surface area contributed by atoms with Gasteiger partial charge in [0.25, 0.3) is 0 Å². The summed E-state index contributed by atoms with van der Waals surface area (Å²) in [6.45, 7) is 8.55. The zero-order valence-corrected chi connectivity index (χ0v) is 43.2. The van der Waals surface area contributed by atoms with Crippen molar-refractivity contribution in [1.82, 2.24) is 36.0 Å². The van der Waals surface area contributed by atoms with Crippen LogP contribution in [0.4, 0.5) is 5.82 Å². The van der Waals surface area contributed by atoms with Crippen LogP contribution < -0.4 is 26.4 Å². The fraction of sp³-hybridized carbons (Fsp3) is 0.482. The number of nitrogens with zero attached hydrogens (tertiary/aromatic N) is 4. The molecule has 0 bridgehead atoms. The number of phenols is 1. The number of amides is 4. The largest absolute Gasteiger partial charge is 0.507 e. The predicted octanol–water partition coefficient (Wildman–Crippen LogP) is 9.15. The van der Waals surface area contributed by atoms with Gasteiger partial charge in [-0.25, -0.2) is 4.98 Å². The molecule has 4 atom stereocenters. The molecule has 386 valence electrons. The molecule has 72 heavy (non-hydrogen) atoms. The highest BCUT2D eigenvalue weighted by molar-refractivity contribution is 7.13. The van der Waals surface area contributed by atoms with E-state index < -0.39 is 18.2 Å². The molecule has 2 aromatic heterocycles. The number of anilines is 1. The predicted molar refractivity (Wildman–Crippen MR) is 283 cm³/mol. The molecule has 0 aliphatic carbocycles. The van der Waals surface area contributed by atoms with Crippen LogP contribution in [0.15, 0.2) is 84.4 Å². The Bertz CT molecular complexity index is 2520. The molecule has 5 aromatic rings. The van der Waals surface area contributed by atoms with E-state index in [4.69, 9.17) is 10.5 Å². The van der Waals surface area contributed by atoms with E-state index in [2.05, 4.69) is 31.1 Å². The van der Waals surface area contributed by atoms with Crippen molar-refractivity contribution in [2.24, 2.45) is 5.92 Å². The Balaban J connectivity index is 0.766. The Morgan fingerprint density at radius 1 is 0.806 bits per heavy atom. The van der Waals surface area contributed by atoms with Gasteiger partial charge in [-0.05, 0) is 67.0 Å². The third-order valence-corrected chi connectivity index (χ3v) is 14.3. The number of likely N-dealkylation sites (tertiary alicyclic amines) is 1. The van der Waals surface area contributed by atoms with Crippen LogP contribution in [0.2, 0.25) is 0 Å². The van der Waals surface area contributed by atoms with Crippen LogP contribution in [-0.4, -0.2) is 85.3 Å². The van der Waals surface area contributed by atoms with E-state index in [0.29, 0.717) is 49.4 Å². The highest BCUT2D eigenvalue weighted by Crippen LogP contribution is 2.32. The van der Waals surface area contributed by atoms with Crippen molar-refractivity contribution in [2.45, 2.75) is 155 Å². The number of aryl methyl sites for hydroxylation is 1. The molecule has 0 spiro atoms. The first kappa shape index (κ1) is 54.9. The fourth-order valence-electron chi connectivity index (χ4n) is 9.01. The number of carbonyl (C=O) groups excluding carboxylic acids is 4. The Kier molecular flexibility index (Phi) is 21.4.